The van der Waals surface area contributed by atoms with Crippen LogP contribution in [0.25, 0.3) is 0 Å². The van der Waals surface area contributed by atoms with Crippen molar-refractivity contribution in [3.05, 3.63) is 59.9 Å². The van der Waals surface area contributed by atoms with Crippen LogP contribution in [-0.4, -0.2) is 44.0 Å². The molecular weight excluding hydrogens is 471 g/mol. The highest BCUT2D eigenvalue weighted by atomic mass is 32.2. The molecule has 2 aromatic rings. The summed E-state index contributed by atoms with van der Waals surface area (Å²) in [5.74, 6) is -1.67. The van der Waals surface area contributed by atoms with E-state index in [9.17, 15) is 22.4 Å². The van der Waals surface area contributed by atoms with Crippen molar-refractivity contribution in [2.75, 3.05) is 17.2 Å². The second kappa shape index (κ2) is 11.7. The van der Waals surface area contributed by atoms with Gasteiger partial charge in [-0.3, -0.25) is 9.59 Å². The highest BCUT2D eigenvalue weighted by Crippen LogP contribution is 2.36. The van der Waals surface area contributed by atoms with E-state index in [2.05, 4.69) is 0 Å². The second-order valence-corrected chi connectivity index (χ2v) is 10.8. The Morgan fingerprint density at radius 2 is 1.74 bits per heavy atom. The second-order valence-electron chi connectivity index (χ2n) is 8.88. The molecule has 0 aliphatic heterocycles. The van der Waals surface area contributed by atoms with Gasteiger partial charge in [0, 0.05) is 31.5 Å². The van der Waals surface area contributed by atoms with Gasteiger partial charge in [0.15, 0.2) is 11.6 Å². The molecule has 0 radical (unpaired) electrons. The lowest BCUT2D eigenvalue weighted by Crippen LogP contribution is -2.41. The van der Waals surface area contributed by atoms with Gasteiger partial charge < -0.3 is 9.64 Å². The number of ether oxygens (including phenoxy) is 1. The number of amides is 2. The predicted octanol–water partition coefficient (Wildman–Crippen LogP) is 4.51. The van der Waals surface area contributed by atoms with Crippen molar-refractivity contribution in [2.24, 2.45) is 5.92 Å². The van der Waals surface area contributed by atoms with Gasteiger partial charge in [-0.05, 0) is 49.8 Å². The number of carbonyl (C=O) groups is 2. The van der Waals surface area contributed by atoms with Crippen molar-refractivity contribution in [3.8, 4) is 5.75 Å². The number of rotatable bonds is 12. The molecule has 0 bridgehead atoms. The lowest BCUT2D eigenvalue weighted by molar-refractivity contribution is -0.136. The van der Waals surface area contributed by atoms with Gasteiger partial charge >= 0.3 is 0 Å². The lowest BCUT2D eigenvalue weighted by atomic mass is 10.1. The minimum absolute atomic E-state index is 0.0217. The van der Waals surface area contributed by atoms with Crippen LogP contribution in [0.5, 0.6) is 5.75 Å². The van der Waals surface area contributed by atoms with Crippen LogP contribution in [0.3, 0.4) is 0 Å². The molecule has 1 aliphatic rings. The number of hydrogen-bond donors (Lipinski definition) is 0. The Morgan fingerprint density at radius 3 is 2.31 bits per heavy atom. The summed E-state index contributed by atoms with van der Waals surface area (Å²) in [7, 11) is -2.75. The van der Waals surface area contributed by atoms with Crippen LogP contribution in [0.2, 0.25) is 0 Å². The summed E-state index contributed by atoms with van der Waals surface area (Å²) in [6.45, 7) is 4.12. The molecule has 1 fully saturated rings. The van der Waals surface area contributed by atoms with Gasteiger partial charge in [0.2, 0.25) is 21.8 Å². The number of hydrogen-bond acceptors (Lipinski definition) is 5. The molecule has 2 amide bonds. The van der Waals surface area contributed by atoms with Gasteiger partial charge in [-0.2, -0.15) is 0 Å². The minimum atomic E-state index is -4.05. The van der Waals surface area contributed by atoms with E-state index >= 15 is 0 Å². The van der Waals surface area contributed by atoms with Gasteiger partial charge in [-0.15, -0.1) is 0 Å². The molecule has 1 saturated carbocycles. The fourth-order valence-corrected chi connectivity index (χ4v) is 5.66. The maximum absolute atomic E-state index is 14.3. The van der Waals surface area contributed by atoms with Crippen molar-refractivity contribution in [3.63, 3.8) is 0 Å². The molecule has 2 aromatic carbocycles. The van der Waals surface area contributed by atoms with E-state index in [-0.39, 0.29) is 48.4 Å². The van der Waals surface area contributed by atoms with E-state index < -0.39 is 21.7 Å². The SMILES string of the molecule is CCCS(=O)(=O)N(C(=O)CCC(=O)N(Cc1ccccc1)C(C)C1CC1)c1ccc(OC)c(F)c1. The van der Waals surface area contributed by atoms with Gasteiger partial charge in [0.05, 0.1) is 18.6 Å². The van der Waals surface area contributed by atoms with E-state index in [4.69, 9.17) is 4.74 Å². The highest BCUT2D eigenvalue weighted by molar-refractivity contribution is 7.93. The predicted molar refractivity (Wildman–Crippen MR) is 133 cm³/mol. The summed E-state index contributed by atoms with van der Waals surface area (Å²) >= 11 is 0. The minimum Gasteiger partial charge on any atom is -0.494 e. The quantitative estimate of drug-likeness (QED) is 0.425. The summed E-state index contributed by atoms with van der Waals surface area (Å²) in [5, 5.41) is 0. The summed E-state index contributed by atoms with van der Waals surface area (Å²) < 4.78 is 45.7. The van der Waals surface area contributed by atoms with E-state index in [0.29, 0.717) is 16.8 Å². The molecule has 0 heterocycles. The van der Waals surface area contributed by atoms with Crippen LogP contribution in [0.1, 0.15) is 51.5 Å². The first-order valence-corrected chi connectivity index (χ1v) is 13.5. The van der Waals surface area contributed by atoms with Crippen LogP contribution >= 0.6 is 0 Å². The molecule has 3 rings (SSSR count). The number of methoxy groups -OCH3 is 1. The van der Waals surface area contributed by atoms with E-state index in [0.717, 1.165) is 24.5 Å². The maximum Gasteiger partial charge on any atom is 0.241 e. The third-order valence-corrected chi connectivity index (χ3v) is 8.10. The number of sulfonamides is 1. The summed E-state index contributed by atoms with van der Waals surface area (Å²) in [6.07, 6.45) is 1.96. The Balaban J connectivity index is 1.79. The van der Waals surface area contributed by atoms with Crippen LogP contribution in [0.15, 0.2) is 48.5 Å². The average molecular weight is 505 g/mol. The Labute approximate surface area is 206 Å². The zero-order valence-electron chi connectivity index (χ0n) is 20.4. The van der Waals surface area contributed by atoms with Crippen LogP contribution in [-0.2, 0) is 26.2 Å². The summed E-state index contributed by atoms with van der Waals surface area (Å²) in [5.41, 5.74) is 0.877. The number of carbonyl (C=O) groups excluding carboxylic acids is 2. The number of benzene rings is 2. The van der Waals surface area contributed by atoms with Gasteiger partial charge in [0.1, 0.15) is 0 Å². The van der Waals surface area contributed by atoms with Crippen LogP contribution < -0.4 is 9.04 Å². The van der Waals surface area contributed by atoms with Crippen molar-refractivity contribution in [2.45, 2.75) is 58.5 Å². The first-order chi connectivity index (χ1) is 16.7. The summed E-state index contributed by atoms with van der Waals surface area (Å²) in [4.78, 5) is 28.2. The molecule has 1 atom stereocenters. The molecule has 0 spiro atoms. The standard InChI is InChI=1S/C26H33FN2O5S/c1-4-16-35(32,33)29(22-12-13-24(34-3)23(27)17-22)26(31)15-14-25(30)28(19(2)21-10-11-21)18-20-8-6-5-7-9-20/h5-9,12-13,17,19,21H,4,10-11,14-16,18H2,1-3H3. The first-order valence-electron chi connectivity index (χ1n) is 11.9. The van der Waals surface area contributed by atoms with Crippen LogP contribution in [0.4, 0.5) is 10.1 Å². The average Bonchev–Trinajstić information content (AvgIpc) is 3.67. The lowest BCUT2D eigenvalue weighted by Gasteiger charge is -2.30. The van der Waals surface area contributed by atoms with Crippen molar-refractivity contribution in [1.29, 1.82) is 0 Å². The molecule has 0 aromatic heterocycles. The Morgan fingerprint density at radius 1 is 1.09 bits per heavy atom. The fourth-order valence-electron chi connectivity index (χ4n) is 4.12. The maximum atomic E-state index is 14.3. The Kier molecular flexibility index (Phi) is 8.88. The first kappa shape index (κ1) is 26.7. The van der Waals surface area contributed by atoms with Crippen molar-refractivity contribution >= 4 is 27.5 Å². The number of nitrogens with zero attached hydrogens (tertiary/aromatic N) is 2. The smallest absolute Gasteiger partial charge is 0.241 e. The fraction of sp³-hybridized carbons (Fsp3) is 0.462. The van der Waals surface area contributed by atoms with Crippen molar-refractivity contribution < 1.29 is 27.1 Å². The third kappa shape index (κ3) is 6.81. The molecule has 1 unspecified atom stereocenters. The largest absolute Gasteiger partial charge is 0.494 e. The zero-order valence-corrected chi connectivity index (χ0v) is 21.3. The Bertz CT molecular complexity index is 1140. The molecule has 0 saturated heterocycles. The monoisotopic (exact) mass is 504 g/mol. The van der Waals surface area contributed by atoms with Crippen molar-refractivity contribution in [1.82, 2.24) is 4.90 Å². The molecule has 7 nitrogen and oxygen atoms in total. The zero-order chi connectivity index (χ0) is 25.6. The molecule has 9 heteroatoms. The van der Waals surface area contributed by atoms with Gasteiger partial charge in [-0.25, -0.2) is 17.1 Å². The number of halogens is 1. The molecule has 1 aliphatic carbocycles. The van der Waals surface area contributed by atoms with Gasteiger partial charge in [0.25, 0.3) is 0 Å². The molecule has 0 N–H and O–H groups in total. The summed E-state index contributed by atoms with van der Waals surface area (Å²) in [6, 6.07) is 13.2. The molecule has 190 valence electrons. The van der Waals surface area contributed by atoms with E-state index in [1.54, 1.807) is 11.8 Å². The number of anilines is 1. The van der Waals surface area contributed by atoms with E-state index in [1.807, 2.05) is 37.3 Å². The molecule has 35 heavy (non-hydrogen) atoms. The van der Waals surface area contributed by atoms with Gasteiger partial charge in [-0.1, -0.05) is 37.3 Å². The topological polar surface area (TPSA) is 84.0 Å². The van der Waals surface area contributed by atoms with E-state index in [1.165, 1.54) is 19.2 Å². The highest BCUT2D eigenvalue weighted by Gasteiger charge is 2.35. The molecular formula is C26H33FN2O5S. The Hall–Kier alpha value is -2.94. The normalized spacial score (nSPS) is 14.3. The van der Waals surface area contributed by atoms with Crippen LogP contribution in [0, 0.1) is 11.7 Å². The third-order valence-electron chi connectivity index (χ3n) is 6.20.